The van der Waals surface area contributed by atoms with Crippen LogP contribution in [0.5, 0.6) is 5.75 Å². The molecule has 0 bridgehead atoms. The number of hydrogen-bond donors (Lipinski definition) is 1. The van der Waals surface area contributed by atoms with E-state index in [1.54, 1.807) is 30.0 Å². The number of para-hydroxylation sites is 1. The molecule has 1 aromatic heterocycles. The van der Waals surface area contributed by atoms with Crippen molar-refractivity contribution < 1.29 is 14.6 Å². The Morgan fingerprint density at radius 1 is 0.931 bits per heavy atom. The molecule has 0 aliphatic heterocycles. The van der Waals surface area contributed by atoms with E-state index in [-0.39, 0.29) is 0 Å². The highest BCUT2D eigenvalue weighted by atomic mass is 32.2. The van der Waals surface area contributed by atoms with E-state index in [0.29, 0.717) is 17.9 Å². The topological polar surface area (TPSA) is 59.4 Å². The number of carbonyl (C=O) groups is 1. The molecule has 0 saturated heterocycles. The quantitative estimate of drug-likeness (QED) is 0.396. The maximum absolute atomic E-state index is 11.1. The fraction of sp³-hybridized carbons (Fsp3) is 0.0833. The van der Waals surface area contributed by atoms with Gasteiger partial charge in [0, 0.05) is 16.0 Å². The zero-order valence-electron chi connectivity index (χ0n) is 15.6. The smallest absolute Gasteiger partial charge is 0.335 e. The highest BCUT2D eigenvalue weighted by molar-refractivity contribution is 7.98. The van der Waals surface area contributed by atoms with Crippen molar-refractivity contribution >= 4 is 28.6 Å². The maximum Gasteiger partial charge on any atom is 0.335 e. The van der Waals surface area contributed by atoms with Gasteiger partial charge in [-0.1, -0.05) is 42.5 Å². The number of fused-ring (bicyclic) bond motifs is 1. The van der Waals surface area contributed by atoms with Gasteiger partial charge in [0.2, 0.25) is 0 Å². The van der Waals surface area contributed by atoms with Gasteiger partial charge < -0.3 is 9.84 Å². The van der Waals surface area contributed by atoms with E-state index in [4.69, 9.17) is 9.84 Å². The van der Waals surface area contributed by atoms with Crippen molar-refractivity contribution in [2.45, 2.75) is 17.3 Å². The molecule has 0 aliphatic rings. The minimum atomic E-state index is -0.908. The molecular weight excluding hydrogens is 382 g/mol. The van der Waals surface area contributed by atoms with Crippen molar-refractivity contribution in [1.82, 2.24) is 4.98 Å². The Balaban J connectivity index is 1.39. The summed E-state index contributed by atoms with van der Waals surface area (Å²) in [6.07, 6.45) is 0. The summed E-state index contributed by atoms with van der Waals surface area (Å²) in [5.74, 6) is 0.565. The molecule has 4 aromatic rings. The summed E-state index contributed by atoms with van der Waals surface area (Å²) in [5, 5.41) is 10.2. The third-order valence-corrected chi connectivity index (χ3v) is 5.49. The molecular formula is C24H19NO3S. The number of nitrogens with zero attached hydrogens (tertiary/aromatic N) is 1. The molecule has 0 aliphatic carbocycles. The average Bonchev–Trinajstić information content (AvgIpc) is 2.76. The number of carboxylic acids is 1. The second-order valence-electron chi connectivity index (χ2n) is 6.55. The minimum absolute atomic E-state index is 0.308. The van der Waals surface area contributed by atoms with E-state index >= 15 is 0 Å². The van der Waals surface area contributed by atoms with Crippen LogP contribution < -0.4 is 4.74 Å². The monoisotopic (exact) mass is 401 g/mol. The van der Waals surface area contributed by atoms with Gasteiger partial charge >= 0.3 is 5.97 Å². The zero-order chi connectivity index (χ0) is 20.1. The Morgan fingerprint density at radius 3 is 2.69 bits per heavy atom. The number of thioether (sulfide) groups is 1. The fourth-order valence-corrected chi connectivity index (χ4v) is 3.85. The molecule has 1 heterocycles. The van der Waals surface area contributed by atoms with Crippen LogP contribution in [-0.4, -0.2) is 16.1 Å². The molecule has 0 atom stereocenters. The first kappa shape index (κ1) is 19.0. The van der Waals surface area contributed by atoms with Crippen LogP contribution in [0, 0.1) is 0 Å². The van der Waals surface area contributed by atoms with Crippen molar-refractivity contribution in [2.24, 2.45) is 0 Å². The third kappa shape index (κ3) is 4.95. The Bertz CT molecular complexity index is 1160. The van der Waals surface area contributed by atoms with Crippen molar-refractivity contribution in [3.63, 3.8) is 0 Å². The number of carboxylic acid groups (broad SMARTS) is 1. The lowest BCUT2D eigenvalue weighted by Crippen LogP contribution is -1.98. The lowest BCUT2D eigenvalue weighted by Gasteiger charge is -2.09. The number of rotatable bonds is 7. The molecule has 0 saturated carbocycles. The molecule has 0 unspecified atom stereocenters. The molecule has 1 N–H and O–H groups in total. The van der Waals surface area contributed by atoms with Gasteiger partial charge in [-0.25, -0.2) is 9.78 Å². The summed E-state index contributed by atoms with van der Waals surface area (Å²) in [4.78, 5) is 16.8. The molecule has 29 heavy (non-hydrogen) atoms. The molecule has 4 rings (SSSR count). The number of aromatic carboxylic acids is 1. The van der Waals surface area contributed by atoms with Crippen LogP contribution >= 0.6 is 11.8 Å². The predicted octanol–water partition coefficient (Wildman–Crippen LogP) is 5.80. The molecule has 0 fully saturated rings. The van der Waals surface area contributed by atoms with Crippen molar-refractivity contribution in [1.29, 1.82) is 0 Å². The maximum atomic E-state index is 11.1. The van der Waals surface area contributed by atoms with E-state index in [9.17, 15) is 4.79 Å². The first-order valence-corrected chi connectivity index (χ1v) is 10.2. The van der Waals surface area contributed by atoms with Gasteiger partial charge in [0.15, 0.2) is 0 Å². The van der Waals surface area contributed by atoms with Gasteiger partial charge in [-0.15, -0.1) is 11.8 Å². The largest absolute Gasteiger partial charge is 0.487 e. The number of pyridine rings is 1. The number of benzene rings is 3. The summed E-state index contributed by atoms with van der Waals surface area (Å²) in [6, 6.07) is 27.0. The lowest BCUT2D eigenvalue weighted by atomic mass is 10.1. The molecule has 0 spiro atoms. The Kier molecular flexibility index (Phi) is 5.77. The van der Waals surface area contributed by atoms with Crippen molar-refractivity contribution in [3.8, 4) is 5.75 Å². The van der Waals surface area contributed by atoms with Gasteiger partial charge in [0.1, 0.15) is 12.4 Å². The third-order valence-electron chi connectivity index (χ3n) is 4.43. The van der Waals surface area contributed by atoms with E-state index < -0.39 is 5.97 Å². The van der Waals surface area contributed by atoms with Crippen molar-refractivity contribution in [2.75, 3.05) is 0 Å². The Morgan fingerprint density at radius 2 is 1.79 bits per heavy atom. The van der Waals surface area contributed by atoms with Gasteiger partial charge in [-0.3, -0.25) is 0 Å². The van der Waals surface area contributed by atoms with Gasteiger partial charge in [-0.05, 0) is 48.0 Å². The van der Waals surface area contributed by atoms with Gasteiger partial charge in [0.05, 0.1) is 16.8 Å². The summed E-state index contributed by atoms with van der Waals surface area (Å²) < 4.78 is 5.93. The van der Waals surface area contributed by atoms with E-state index in [1.165, 1.54) is 0 Å². The van der Waals surface area contributed by atoms with Crippen LogP contribution in [0.15, 0.2) is 89.8 Å². The van der Waals surface area contributed by atoms with Crippen LogP contribution in [0.4, 0.5) is 0 Å². The Hall–Kier alpha value is -3.31. The molecule has 0 radical (unpaired) electrons. The predicted molar refractivity (Wildman–Crippen MR) is 115 cm³/mol. The van der Waals surface area contributed by atoms with Crippen molar-refractivity contribution in [3.05, 3.63) is 102 Å². The summed E-state index contributed by atoms with van der Waals surface area (Å²) >= 11 is 1.64. The zero-order valence-corrected chi connectivity index (χ0v) is 16.4. The normalized spacial score (nSPS) is 10.8. The van der Waals surface area contributed by atoms with Gasteiger partial charge in [0.25, 0.3) is 0 Å². The molecule has 0 amide bonds. The second kappa shape index (κ2) is 8.80. The number of hydrogen-bond acceptors (Lipinski definition) is 4. The minimum Gasteiger partial charge on any atom is -0.487 e. The van der Waals surface area contributed by atoms with E-state index in [1.807, 2.05) is 60.7 Å². The molecule has 5 heteroatoms. The van der Waals surface area contributed by atoms with Crippen LogP contribution in [-0.2, 0) is 12.4 Å². The summed E-state index contributed by atoms with van der Waals surface area (Å²) in [6.45, 7) is 0.402. The van der Waals surface area contributed by atoms with E-state index in [0.717, 1.165) is 32.8 Å². The second-order valence-corrected chi connectivity index (χ2v) is 7.60. The first-order chi connectivity index (χ1) is 14.2. The van der Waals surface area contributed by atoms with Crippen LogP contribution in [0.1, 0.15) is 21.6 Å². The average molecular weight is 401 g/mol. The van der Waals surface area contributed by atoms with E-state index in [2.05, 4.69) is 11.1 Å². The summed E-state index contributed by atoms with van der Waals surface area (Å²) in [5.41, 5.74) is 3.12. The highest BCUT2D eigenvalue weighted by Gasteiger charge is 2.05. The highest BCUT2D eigenvalue weighted by Crippen LogP contribution is 2.27. The SMILES string of the molecule is O=C(O)c1cccc(CSc2cccc(OCc3ccc4ccccc4n3)c2)c1. The Labute approximate surface area is 173 Å². The molecule has 4 nitrogen and oxygen atoms in total. The van der Waals surface area contributed by atoms with Gasteiger partial charge in [-0.2, -0.15) is 0 Å². The fourth-order valence-electron chi connectivity index (χ4n) is 2.96. The summed E-state index contributed by atoms with van der Waals surface area (Å²) in [7, 11) is 0. The standard InChI is InChI=1S/C24H19NO3S/c26-24(27)19-7-3-5-17(13-19)16-29-22-9-4-8-21(14-22)28-15-20-12-11-18-6-1-2-10-23(18)25-20/h1-14H,15-16H2,(H,26,27). The number of ether oxygens (including phenoxy) is 1. The first-order valence-electron chi connectivity index (χ1n) is 9.20. The van der Waals surface area contributed by atoms with Crippen LogP contribution in [0.25, 0.3) is 10.9 Å². The lowest BCUT2D eigenvalue weighted by molar-refractivity contribution is 0.0696. The molecule has 3 aromatic carbocycles. The van der Waals surface area contributed by atoms with Crippen LogP contribution in [0.2, 0.25) is 0 Å². The molecule has 144 valence electrons. The number of aromatic nitrogens is 1. The van der Waals surface area contributed by atoms with Crippen LogP contribution in [0.3, 0.4) is 0 Å².